The zero-order chi connectivity index (χ0) is 14.0. The van der Waals surface area contributed by atoms with Crippen molar-refractivity contribution in [1.29, 1.82) is 0 Å². The zero-order valence-electron chi connectivity index (χ0n) is 11.8. The van der Waals surface area contributed by atoms with Gasteiger partial charge >= 0.3 is 0 Å². The predicted octanol–water partition coefficient (Wildman–Crippen LogP) is 3.93. The van der Waals surface area contributed by atoms with Gasteiger partial charge in [-0.3, -0.25) is 4.90 Å². The maximum Gasteiger partial charge on any atom is 0.172 e. The third-order valence-electron chi connectivity index (χ3n) is 4.10. The molecule has 1 aromatic carbocycles. The van der Waals surface area contributed by atoms with E-state index >= 15 is 0 Å². The molecule has 0 aromatic heterocycles. The Morgan fingerprint density at radius 1 is 1.42 bits per heavy atom. The highest BCUT2D eigenvalue weighted by molar-refractivity contribution is 9.10. The molecule has 2 rings (SSSR count). The van der Waals surface area contributed by atoms with Crippen molar-refractivity contribution < 1.29 is 9.84 Å². The van der Waals surface area contributed by atoms with Gasteiger partial charge in [-0.25, -0.2) is 0 Å². The van der Waals surface area contributed by atoms with E-state index < -0.39 is 0 Å². The van der Waals surface area contributed by atoms with Gasteiger partial charge in [0.2, 0.25) is 0 Å². The van der Waals surface area contributed by atoms with Crippen molar-refractivity contribution in [2.75, 3.05) is 7.11 Å². The van der Waals surface area contributed by atoms with Crippen LogP contribution in [-0.2, 0) is 6.54 Å². The molecule has 106 valence electrons. The second kappa shape index (κ2) is 6.14. The molecule has 1 heterocycles. The molecule has 0 amide bonds. The van der Waals surface area contributed by atoms with Crippen molar-refractivity contribution in [3.63, 3.8) is 0 Å². The van der Waals surface area contributed by atoms with Gasteiger partial charge in [0.15, 0.2) is 11.5 Å². The summed E-state index contributed by atoms with van der Waals surface area (Å²) in [4.78, 5) is 2.55. The smallest absolute Gasteiger partial charge is 0.172 e. The highest BCUT2D eigenvalue weighted by atomic mass is 79.9. The van der Waals surface area contributed by atoms with Gasteiger partial charge in [0, 0.05) is 18.6 Å². The first kappa shape index (κ1) is 14.7. The Kier molecular flexibility index (Phi) is 4.74. The Morgan fingerprint density at radius 3 is 2.79 bits per heavy atom. The first-order valence-corrected chi connectivity index (χ1v) is 7.67. The van der Waals surface area contributed by atoms with Gasteiger partial charge in [-0.1, -0.05) is 6.92 Å². The van der Waals surface area contributed by atoms with Crippen LogP contribution in [0.1, 0.15) is 38.7 Å². The second-order valence-electron chi connectivity index (χ2n) is 5.29. The third-order valence-corrected chi connectivity index (χ3v) is 4.70. The molecular formula is C15H22BrNO2. The number of methoxy groups -OCH3 is 1. The molecule has 19 heavy (non-hydrogen) atoms. The number of nitrogens with zero attached hydrogens (tertiary/aromatic N) is 1. The highest BCUT2D eigenvalue weighted by Crippen LogP contribution is 2.36. The Hall–Kier alpha value is -0.740. The van der Waals surface area contributed by atoms with Crippen LogP contribution in [0.3, 0.4) is 0 Å². The van der Waals surface area contributed by atoms with Gasteiger partial charge < -0.3 is 9.84 Å². The number of likely N-dealkylation sites (tertiary alicyclic amines) is 1. The van der Waals surface area contributed by atoms with Gasteiger partial charge in [0.05, 0.1) is 11.6 Å². The van der Waals surface area contributed by atoms with Gasteiger partial charge in [0.25, 0.3) is 0 Å². The quantitative estimate of drug-likeness (QED) is 0.909. The average Bonchev–Trinajstić information content (AvgIpc) is 2.74. The number of hydrogen-bond donors (Lipinski definition) is 1. The Morgan fingerprint density at radius 2 is 2.16 bits per heavy atom. The molecule has 2 atom stereocenters. The Balaban J connectivity index is 2.21. The molecule has 1 saturated heterocycles. The molecule has 1 aromatic rings. The van der Waals surface area contributed by atoms with E-state index in [1.165, 1.54) is 24.8 Å². The predicted molar refractivity (Wildman–Crippen MR) is 80.7 cm³/mol. The lowest BCUT2D eigenvalue weighted by atomic mass is 10.1. The van der Waals surface area contributed by atoms with Gasteiger partial charge in [0.1, 0.15) is 0 Å². The second-order valence-corrected chi connectivity index (χ2v) is 6.14. The molecule has 0 radical (unpaired) electrons. The maximum absolute atomic E-state index is 9.85. The van der Waals surface area contributed by atoms with Crippen molar-refractivity contribution in [2.24, 2.45) is 0 Å². The van der Waals surface area contributed by atoms with E-state index in [2.05, 4.69) is 34.7 Å². The fraction of sp³-hybridized carbons (Fsp3) is 0.600. The lowest BCUT2D eigenvalue weighted by Gasteiger charge is -2.28. The van der Waals surface area contributed by atoms with E-state index in [1.54, 1.807) is 7.11 Å². The Bertz CT molecular complexity index is 450. The standard InChI is InChI=1S/C15H22BrNO2/c1-4-12-6-5-10(2)17(12)9-11-7-13(16)15(18)14(8-11)19-3/h7-8,10,12,18H,4-6,9H2,1-3H3. The van der Waals surface area contributed by atoms with E-state index in [4.69, 9.17) is 4.74 Å². The first-order valence-electron chi connectivity index (χ1n) is 6.88. The van der Waals surface area contributed by atoms with Crippen LogP contribution in [0.4, 0.5) is 0 Å². The van der Waals surface area contributed by atoms with Crippen LogP contribution in [0.15, 0.2) is 16.6 Å². The number of ether oxygens (including phenoxy) is 1. The van der Waals surface area contributed by atoms with Crippen LogP contribution in [0.2, 0.25) is 0 Å². The summed E-state index contributed by atoms with van der Waals surface area (Å²) in [6.07, 6.45) is 3.75. The van der Waals surface area contributed by atoms with Crippen molar-refractivity contribution in [1.82, 2.24) is 4.90 Å². The van der Waals surface area contributed by atoms with Crippen LogP contribution in [0.5, 0.6) is 11.5 Å². The largest absolute Gasteiger partial charge is 0.503 e. The third kappa shape index (κ3) is 3.06. The van der Waals surface area contributed by atoms with Gasteiger partial charge in [-0.2, -0.15) is 0 Å². The summed E-state index contributed by atoms with van der Waals surface area (Å²) in [6.45, 7) is 5.46. The van der Waals surface area contributed by atoms with Gasteiger partial charge in [-0.15, -0.1) is 0 Å². The van der Waals surface area contributed by atoms with Gasteiger partial charge in [-0.05, 0) is 59.8 Å². The van der Waals surface area contributed by atoms with E-state index in [-0.39, 0.29) is 5.75 Å². The number of halogens is 1. The average molecular weight is 328 g/mol. The van der Waals surface area contributed by atoms with Crippen molar-refractivity contribution in [3.05, 3.63) is 22.2 Å². The molecule has 0 bridgehead atoms. The fourth-order valence-electron chi connectivity index (χ4n) is 2.93. The van der Waals surface area contributed by atoms with E-state index in [9.17, 15) is 5.11 Å². The number of hydrogen-bond acceptors (Lipinski definition) is 3. The minimum Gasteiger partial charge on any atom is -0.503 e. The van der Waals surface area contributed by atoms with Crippen molar-refractivity contribution >= 4 is 15.9 Å². The summed E-state index contributed by atoms with van der Waals surface area (Å²) in [6, 6.07) is 5.21. The summed E-state index contributed by atoms with van der Waals surface area (Å²) in [5.41, 5.74) is 1.17. The summed E-state index contributed by atoms with van der Waals surface area (Å²) >= 11 is 3.39. The molecule has 3 nitrogen and oxygen atoms in total. The van der Waals surface area contributed by atoms with Crippen LogP contribution in [-0.4, -0.2) is 29.2 Å². The van der Waals surface area contributed by atoms with E-state index in [0.29, 0.717) is 22.3 Å². The monoisotopic (exact) mass is 327 g/mol. The van der Waals surface area contributed by atoms with E-state index in [0.717, 1.165) is 6.54 Å². The topological polar surface area (TPSA) is 32.7 Å². The molecule has 0 aliphatic carbocycles. The molecule has 0 saturated carbocycles. The van der Waals surface area contributed by atoms with E-state index in [1.807, 2.05) is 12.1 Å². The van der Waals surface area contributed by atoms with Crippen LogP contribution in [0.25, 0.3) is 0 Å². The van der Waals surface area contributed by atoms with Crippen LogP contribution in [0, 0.1) is 0 Å². The fourth-order valence-corrected chi connectivity index (χ4v) is 3.42. The number of benzene rings is 1. The Labute approximate surface area is 123 Å². The molecule has 0 spiro atoms. The summed E-state index contributed by atoms with van der Waals surface area (Å²) in [7, 11) is 1.58. The minimum absolute atomic E-state index is 0.174. The number of aromatic hydroxyl groups is 1. The van der Waals surface area contributed by atoms with Crippen LogP contribution < -0.4 is 4.74 Å². The summed E-state index contributed by atoms with van der Waals surface area (Å²) in [5, 5.41) is 9.85. The van der Waals surface area contributed by atoms with Crippen molar-refractivity contribution in [3.8, 4) is 11.5 Å². The summed E-state index contributed by atoms with van der Waals surface area (Å²) < 4.78 is 5.91. The molecule has 1 aliphatic heterocycles. The molecule has 1 N–H and O–H groups in total. The first-order chi connectivity index (χ1) is 9.06. The molecule has 2 unspecified atom stereocenters. The molecule has 4 heteroatoms. The lowest BCUT2D eigenvalue weighted by Crippen LogP contribution is -2.33. The van der Waals surface area contributed by atoms with Crippen LogP contribution >= 0.6 is 15.9 Å². The molecule has 1 fully saturated rings. The lowest BCUT2D eigenvalue weighted by molar-refractivity contribution is 0.189. The summed E-state index contributed by atoms with van der Waals surface area (Å²) in [5.74, 6) is 0.706. The SMILES string of the molecule is CCC1CCC(C)N1Cc1cc(Br)c(O)c(OC)c1. The number of phenolic OH excluding ortho intramolecular Hbond substituents is 1. The number of rotatable bonds is 4. The maximum atomic E-state index is 9.85. The molecular weight excluding hydrogens is 306 g/mol. The number of phenols is 1. The normalized spacial score (nSPS) is 23.8. The molecule has 1 aliphatic rings. The van der Waals surface area contributed by atoms with Crippen molar-refractivity contribution in [2.45, 2.75) is 51.7 Å². The minimum atomic E-state index is 0.174. The highest BCUT2D eigenvalue weighted by Gasteiger charge is 2.29. The zero-order valence-corrected chi connectivity index (χ0v) is 13.4.